The van der Waals surface area contributed by atoms with Crippen LogP contribution in [0.5, 0.6) is 0 Å². The molecule has 1 aliphatic rings. The molecule has 1 fully saturated rings. The Morgan fingerprint density at radius 1 is 0.875 bits per heavy atom. The minimum atomic E-state index is 0.182. The lowest BCUT2D eigenvalue weighted by Crippen LogP contribution is -2.49. The molecule has 4 heteroatoms. The maximum Gasteiger partial charge on any atom is 0.227 e. The molecule has 1 aliphatic heterocycles. The van der Waals surface area contributed by atoms with Gasteiger partial charge in [0, 0.05) is 32.7 Å². The van der Waals surface area contributed by atoms with Crippen LogP contribution in [0.3, 0.4) is 0 Å². The van der Waals surface area contributed by atoms with Crippen molar-refractivity contribution in [1.82, 2.24) is 9.80 Å². The third kappa shape index (κ3) is 4.22. The molecule has 1 saturated heterocycles. The molecule has 2 aromatic rings. The third-order valence-corrected chi connectivity index (χ3v) is 4.56. The second-order valence-electron chi connectivity index (χ2n) is 6.19. The summed E-state index contributed by atoms with van der Waals surface area (Å²) in [5.41, 5.74) is 3.41. The molecule has 0 unspecified atom stereocenters. The van der Waals surface area contributed by atoms with Gasteiger partial charge in [0.1, 0.15) is 0 Å². The second kappa shape index (κ2) is 8.08. The molecule has 1 heterocycles. The molecule has 126 valence electrons. The van der Waals surface area contributed by atoms with E-state index in [0.717, 1.165) is 31.7 Å². The first kappa shape index (κ1) is 16.7. The van der Waals surface area contributed by atoms with E-state index in [0.29, 0.717) is 13.0 Å². The molecule has 1 N–H and O–H groups in total. The lowest BCUT2D eigenvalue weighted by Gasteiger charge is -2.34. The van der Waals surface area contributed by atoms with E-state index in [1.807, 2.05) is 35.2 Å². The Balaban J connectivity index is 1.55. The van der Waals surface area contributed by atoms with Crippen LogP contribution in [-0.4, -0.2) is 60.1 Å². The van der Waals surface area contributed by atoms with E-state index in [1.54, 1.807) is 0 Å². The molecule has 0 radical (unpaired) electrons. The summed E-state index contributed by atoms with van der Waals surface area (Å²) in [6.07, 6.45) is 0.453. The summed E-state index contributed by atoms with van der Waals surface area (Å²) in [6, 6.07) is 18.5. The van der Waals surface area contributed by atoms with Crippen molar-refractivity contribution in [3.05, 3.63) is 60.2 Å². The van der Waals surface area contributed by atoms with Crippen molar-refractivity contribution in [2.24, 2.45) is 0 Å². The fraction of sp³-hybridized carbons (Fsp3) is 0.350. The number of amides is 1. The highest BCUT2D eigenvalue weighted by Gasteiger charge is 2.20. The fourth-order valence-electron chi connectivity index (χ4n) is 3.09. The first-order valence-electron chi connectivity index (χ1n) is 8.51. The first-order valence-corrected chi connectivity index (χ1v) is 8.51. The number of carbonyl (C=O) groups excluding carboxylic acids is 1. The quantitative estimate of drug-likeness (QED) is 0.915. The normalized spacial score (nSPS) is 15.5. The molecular weight excluding hydrogens is 300 g/mol. The highest BCUT2D eigenvalue weighted by Crippen LogP contribution is 2.19. The molecule has 4 nitrogen and oxygen atoms in total. The molecule has 3 rings (SSSR count). The van der Waals surface area contributed by atoms with Crippen molar-refractivity contribution < 1.29 is 9.90 Å². The van der Waals surface area contributed by atoms with E-state index in [9.17, 15) is 4.79 Å². The van der Waals surface area contributed by atoms with Crippen molar-refractivity contribution in [1.29, 1.82) is 0 Å². The maximum absolute atomic E-state index is 12.4. The van der Waals surface area contributed by atoms with E-state index < -0.39 is 0 Å². The molecule has 0 spiro atoms. The van der Waals surface area contributed by atoms with Gasteiger partial charge in [-0.15, -0.1) is 0 Å². The first-order chi connectivity index (χ1) is 11.8. The summed E-state index contributed by atoms with van der Waals surface area (Å²) in [6.45, 7) is 4.07. The molecular formula is C20H24N2O2. The Kier molecular flexibility index (Phi) is 5.62. The van der Waals surface area contributed by atoms with Crippen LogP contribution in [0.4, 0.5) is 0 Å². The predicted octanol–water partition coefficient (Wildman–Crippen LogP) is 2.03. The van der Waals surface area contributed by atoms with E-state index in [4.69, 9.17) is 5.11 Å². The van der Waals surface area contributed by atoms with Crippen LogP contribution < -0.4 is 0 Å². The molecule has 24 heavy (non-hydrogen) atoms. The summed E-state index contributed by atoms with van der Waals surface area (Å²) < 4.78 is 0. The zero-order valence-electron chi connectivity index (χ0n) is 13.9. The number of benzene rings is 2. The van der Waals surface area contributed by atoms with Crippen molar-refractivity contribution in [3.63, 3.8) is 0 Å². The van der Waals surface area contributed by atoms with Gasteiger partial charge in [0.2, 0.25) is 5.91 Å². The highest BCUT2D eigenvalue weighted by molar-refractivity contribution is 5.79. The summed E-state index contributed by atoms with van der Waals surface area (Å²) in [7, 11) is 0. The number of aliphatic hydroxyl groups is 1. The predicted molar refractivity (Wildman–Crippen MR) is 95.7 cm³/mol. The van der Waals surface area contributed by atoms with Crippen LogP contribution >= 0.6 is 0 Å². The minimum Gasteiger partial charge on any atom is -0.395 e. The van der Waals surface area contributed by atoms with Gasteiger partial charge in [-0.25, -0.2) is 0 Å². The van der Waals surface area contributed by atoms with Gasteiger partial charge in [-0.3, -0.25) is 9.69 Å². The number of β-amino-alcohol motifs (C(OH)–C–C–N with tert-alkyl or cyclic N) is 1. The Labute approximate surface area is 143 Å². The van der Waals surface area contributed by atoms with Gasteiger partial charge in [0.25, 0.3) is 0 Å². The third-order valence-electron chi connectivity index (χ3n) is 4.56. The van der Waals surface area contributed by atoms with Crippen molar-refractivity contribution in [2.75, 3.05) is 39.3 Å². The van der Waals surface area contributed by atoms with Gasteiger partial charge in [-0.2, -0.15) is 0 Å². The molecule has 0 bridgehead atoms. The van der Waals surface area contributed by atoms with Crippen molar-refractivity contribution >= 4 is 5.91 Å². The van der Waals surface area contributed by atoms with E-state index in [2.05, 4.69) is 29.2 Å². The van der Waals surface area contributed by atoms with Crippen molar-refractivity contribution in [2.45, 2.75) is 6.42 Å². The smallest absolute Gasteiger partial charge is 0.227 e. The van der Waals surface area contributed by atoms with Crippen LogP contribution in [0.15, 0.2) is 54.6 Å². The fourth-order valence-corrected chi connectivity index (χ4v) is 3.09. The van der Waals surface area contributed by atoms with Crippen LogP contribution in [0.25, 0.3) is 11.1 Å². The molecule has 2 aromatic carbocycles. The Morgan fingerprint density at radius 3 is 2.12 bits per heavy atom. The van der Waals surface area contributed by atoms with Crippen molar-refractivity contribution in [3.8, 4) is 11.1 Å². The SMILES string of the molecule is O=C(Cc1ccc(-c2ccccc2)cc1)N1CCN(CCO)CC1. The van der Waals surface area contributed by atoms with E-state index >= 15 is 0 Å². The van der Waals surface area contributed by atoms with Crippen LogP contribution in [0.2, 0.25) is 0 Å². The summed E-state index contributed by atoms with van der Waals surface area (Å²) >= 11 is 0. The number of piperazine rings is 1. The molecule has 0 aromatic heterocycles. The number of aliphatic hydroxyl groups excluding tert-OH is 1. The minimum absolute atomic E-state index is 0.182. The lowest BCUT2D eigenvalue weighted by molar-refractivity contribution is -0.132. The zero-order chi connectivity index (χ0) is 16.8. The number of rotatable bonds is 5. The zero-order valence-corrected chi connectivity index (χ0v) is 13.9. The average molecular weight is 324 g/mol. The van der Waals surface area contributed by atoms with Gasteiger partial charge in [-0.1, -0.05) is 54.6 Å². The molecule has 0 atom stereocenters. The molecule has 0 aliphatic carbocycles. The van der Waals surface area contributed by atoms with Crippen LogP contribution in [0, 0.1) is 0 Å². The largest absolute Gasteiger partial charge is 0.395 e. The van der Waals surface area contributed by atoms with Gasteiger partial charge < -0.3 is 10.0 Å². The van der Waals surface area contributed by atoms with E-state index in [-0.39, 0.29) is 12.5 Å². The van der Waals surface area contributed by atoms with Crippen LogP contribution in [-0.2, 0) is 11.2 Å². The number of nitrogens with zero attached hydrogens (tertiary/aromatic N) is 2. The topological polar surface area (TPSA) is 43.8 Å². The lowest BCUT2D eigenvalue weighted by atomic mass is 10.0. The van der Waals surface area contributed by atoms with Gasteiger partial charge in [-0.05, 0) is 16.7 Å². The summed E-state index contributed by atoms with van der Waals surface area (Å²) in [5, 5.41) is 8.97. The number of carbonyl (C=O) groups is 1. The van der Waals surface area contributed by atoms with E-state index in [1.165, 1.54) is 11.1 Å². The van der Waals surface area contributed by atoms with Gasteiger partial charge in [0.15, 0.2) is 0 Å². The average Bonchev–Trinajstić information content (AvgIpc) is 2.64. The highest BCUT2D eigenvalue weighted by atomic mass is 16.3. The number of hydrogen-bond acceptors (Lipinski definition) is 3. The van der Waals surface area contributed by atoms with Gasteiger partial charge >= 0.3 is 0 Å². The Morgan fingerprint density at radius 2 is 1.50 bits per heavy atom. The monoisotopic (exact) mass is 324 g/mol. The standard InChI is InChI=1S/C20H24N2O2/c23-15-14-21-10-12-22(13-11-21)20(24)16-17-6-8-19(9-7-17)18-4-2-1-3-5-18/h1-9,23H,10-16H2. The Hall–Kier alpha value is -2.17. The second-order valence-corrected chi connectivity index (χ2v) is 6.19. The van der Waals surface area contributed by atoms with Crippen LogP contribution in [0.1, 0.15) is 5.56 Å². The summed E-state index contributed by atoms with van der Waals surface area (Å²) in [5.74, 6) is 0.186. The maximum atomic E-state index is 12.4. The molecule has 1 amide bonds. The summed E-state index contributed by atoms with van der Waals surface area (Å²) in [4.78, 5) is 16.6. The van der Waals surface area contributed by atoms with Gasteiger partial charge in [0.05, 0.1) is 13.0 Å². The number of hydrogen-bond donors (Lipinski definition) is 1. The Bertz CT molecular complexity index is 647. The molecule has 0 saturated carbocycles.